The van der Waals surface area contributed by atoms with E-state index in [0.717, 1.165) is 0 Å². The van der Waals surface area contributed by atoms with E-state index in [0.29, 0.717) is 18.7 Å². The minimum atomic E-state index is -3.57. The van der Waals surface area contributed by atoms with Crippen LogP contribution in [0.5, 0.6) is 0 Å². The molecule has 8 heteroatoms. The predicted molar refractivity (Wildman–Crippen MR) is 90.0 cm³/mol. The van der Waals surface area contributed by atoms with Gasteiger partial charge < -0.3 is 10.6 Å². The number of carbonyl (C=O) groups excluding carboxylic acids is 1. The van der Waals surface area contributed by atoms with E-state index < -0.39 is 15.6 Å². The van der Waals surface area contributed by atoms with Crippen molar-refractivity contribution in [1.82, 2.24) is 15.4 Å². The molecule has 6 nitrogen and oxygen atoms in total. The number of rotatable bonds is 6. The Balaban J connectivity index is 0.00000441. The molecule has 0 saturated heterocycles. The highest BCUT2D eigenvalue weighted by atomic mass is 35.5. The molecule has 1 aromatic carbocycles. The fraction of sp³-hybridized carbons (Fsp3) is 0.500. The minimum absolute atomic E-state index is 0. The van der Waals surface area contributed by atoms with E-state index in [1.54, 1.807) is 27.8 Å². The summed E-state index contributed by atoms with van der Waals surface area (Å²) in [5.41, 5.74) is -0.122. The third-order valence-corrected chi connectivity index (χ3v) is 4.30. The lowest BCUT2D eigenvalue weighted by molar-refractivity contribution is 0.0954. The second kappa shape index (κ2) is 8.47. The van der Waals surface area contributed by atoms with Crippen molar-refractivity contribution >= 4 is 28.3 Å². The third-order valence-electron chi connectivity index (χ3n) is 2.53. The molecule has 3 N–H and O–H groups in total. The van der Waals surface area contributed by atoms with Crippen molar-refractivity contribution in [3.8, 4) is 0 Å². The minimum Gasteiger partial charge on any atom is -0.351 e. The molecule has 0 spiro atoms. The van der Waals surface area contributed by atoms with Crippen LogP contribution in [-0.4, -0.2) is 40.0 Å². The Bertz CT molecular complexity index is 580. The average Bonchev–Trinajstić information content (AvgIpc) is 2.36. The standard InChI is InChI=1S/C14H23N3O3S.ClH/c1-14(2,3)17-21(19,20)12-7-5-11(6-8-12)13(18)16-10-9-15-4;/h5-8,15,17H,9-10H2,1-4H3,(H,16,18);1H. The zero-order valence-corrected chi connectivity index (χ0v) is 14.9. The summed E-state index contributed by atoms with van der Waals surface area (Å²) in [6.07, 6.45) is 0. The highest BCUT2D eigenvalue weighted by molar-refractivity contribution is 7.89. The van der Waals surface area contributed by atoms with Gasteiger partial charge in [0, 0.05) is 24.2 Å². The Hall–Kier alpha value is -1.15. The summed E-state index contributed by atoms with van der Waals surface area (Å²) in [7, 11) is -1.77. The Morgan fingerprint density at radius 2 is 1.64 bits per heavy atom. The number of amides is 1. The molecule has 0 bridgehead atoms. The van der Waals surface area contributed by atoms with Crippen molar-refractivity contribution in [1.29, 1.82) is 0 Å². The summed E-state index contributed by atoms with van der Waals surface area (Å²) in [6.45, 7) is 6.51. The van der Waals surface area contributed by atoms with Crippen LogP contribution in [0.4, 0.5) is 0 Å². The lowest BCUT2D eigenvalue weighted by Crippen LogP contribution is -2.40. The monoisotopic (exact) mass is 349 g/mol. The molecule has 0 unspecified atom stereocenters. The van der Waals surface area contributed by atoms with Crippen LogP contribution < -0.4 is 15.4 Å². The largest absolute Gasteiger partial charge is 0.351 e. The number of carbonyl (C=O) groups is 1. The van der Waals surface area contributed by atoms with E-state index in [4.69, 9.17) is 0 Å². The van der Waals surface area contributed by atoms with E-state index >= 15 is 0 Å². The summed E-state index contributed by atoms with van der Waals surface area (Å²) in [5.74, 6) is -0.224. The first-order valence-electron chi connectivity index (χ1n) is 6.72. The Morgan fingerprint density at radius 1 is 1.09 bits per heavy atom. The van der Waals surface area contributed by atoms with Gasteiger partial charge in [0.2, 0.25) is 10.0 Å². The number of hydrogen-bond acceptors (Lipinski definition) is 4. The molecule has 0 aliphatic carbocycles. The summed E-state index contributed by atoms with van der Waals surface area (Å²) in [6, 6.07) is 5.87. The fourth-order valence-corrected chi connectivity index (χ4v) is 3.07. The maximum atomic E-state index is 12.1. The van der Waals surface area contributed by atoms with Gasteiger partial charge in [-0.25, -0.2) is 13.1 Å². The molecule has 1 aromatic rings. The van der Waals surface area contributed by atoms with Crippen molar-refractivity contribution < 1.29 is 13.2 Å². The molecule has 126 valence electrons. The van der Waals surface area contributed by atoms with Crippen molar-refractivity contribution in [2.45, 2.75) is 31.2 Å². The molecule has 0 aromatic heterocycles. The third kappa shape index (κ3) is 6.74. The van der Waals surface area contributed by atoms with Crippen LogP contribution in [0.2, 0.25) is 0 Å². The molecule has 0 aliphatic rings. The van der Waals surface area contributed by atoms with Gasteiger partial charge in [0.15, 0.2) is 0 Å². The number of benzene rings is 1. The smallest absolute Gasteiger partial charge is 0.251 e. The fourth-order valence-electron chi connectivity index (χ4n) is 1.65. The molecule has 0 heterocycles. The summed E-state index contributed by atoms with van der Waals surface area (Å²) in [5, 5.41) is 5.65. The van der Waals surface area contributed by atoms with Gasteiger partial charge in [0.25, 0.3) is 5.91 Å². The first-order chi connectivity index (χ1) is 9.65. The van der Waals surface area contributed by atoms with Crippen LogP contribution in [0.25, 0.3) is 0 Å². The van der Waals surface area contributed by atoms with Gasteiger partial charge in [-0.1, -0.05) is 0 Å². The van der Waals surface area contributed by atoms with E-state index in [-0.39, 0.29) is 23.2 Å². The molecular formula is C14H24ClN3O3S. The number of sulfonamides is 1. The molecule has 0 saturated carbocycles. The summed E-state index contributed by atoms with van der Waals surface area (Å²) < 4.78 is 26.8. The zero-order valence-electron chi connectivity index (χ0n) is 13.3. The molecule has 0 aliphatic heterocycles. The quantitative estimate of drug-likeness (QED) is 0.672. The Morgan fingerprint density at radius 3 is 2.09 bits per heavy atom. The van der Waals surface area contributed by atoms with Crippen molar-refractivity contribution in [3.05, 3.63) is 29.8 Å². The van der Waals surface area contributed by atoms with Crippen molar-refractivity contribution in [3.63, 3.8) is 0 Å². The normalized spacial score (nSPS) is 11.6. The van der Waals surface area contributed by atoms with Crippen LogP contribution in [0.15, 0.2) is 29.2 Å². The number of likely N-dealkylation sites (N-methyl/N-ethyl adjacent to an activating group) is 1. The highest BCUT2D eigenvalue weighted by Crippen LogP contribution is 2.13. The van der Waals surface area contributed by atoms with Crippen LogP contribution in [0.3, 0.4) is 0 Å². The average molecular weight is 350 g/mol. The SMILES string of the molecule is CNCCNC(=O)c1ccc(S(=O)(=O)NC(C)(C)C)cc1.Cl. The van der Waals surface area contributed by atoms with Gasteiger partial charge in [0.1, 0.15) is 0 Å². The van der Waals surface area contributed by atoms with Crippen LogP contribution >= 0.6 is 12.4 Å². The Kier molecular flexibility index (Phi) is 8.03. The maximum absolute atomic E-state index is 12.1. The lowest BCUT2D eigenvalue weighted by atomic mass is 10.1. The van der Waals surface area contributed by atoms with Gasteiger partial charge >= 0.3 is 0 Å². The second-order valence-electron chi connectivity index (χ2n) is 5.74. The number of nitrogens with one attached hydrogen (secondary N) is 3. The number of hydrogen-bond donors (Lipinski definition) is 3. The van der Waals surface area contributed by atoms with E-state index in [9.17, 15) is 13.2 Å². The van der Waals surface area contributed by atoms with Gasteiger partial charge in [-0.05, 0) is 52.1 Å². The van der Waals surface area contributed by atoms with Gasteiger partial charge in [-0.3, -0.25) is 4.79 Å². The van der Waals surface area contributed by atoms with Crippen molar-refractivity contribution in [2.24, 2.45) is 0 Å². The van der Waals surface area contributed by atoms with Crippen LogP contribution in [0, 0.1) is 0 Å². The van der Waals surface area contributed by atoms with Crippen molar-refractivity contribution in [2.75, 3.05) is 20.1 Å². The Labute approximate surface area is 138 Å². The molecule has 0 atom stereocenters. The molecule has 1 amide bonds. The lowest BCUT2D eigenvalue weighted by Gasteiger charge is -2.20. The first-order valence-corrected chi connectivity index (χ1v) is 8.21. The second-order valence-corrected chi connectivity index (χ2v) is 7.42. The van der Waals surface area contributed by atoms with Crippen LogP contribution in [-0.2, 0) is 10.0 Å². The maximum Gasteiger partial charge on any atom is 0.251 e. The zero-order chi connectivity index (χ0) is 16.1. The first kappa shape index (κ1) is 20.9. The van der Waals surface area contributed by atoms with E-state index in [1.807, 2.05) is 0 Å². The van der Waals surface area contributed by atoms with Crippen LogP contribution in [0.1, 0.15) is 31.1 Å². The van der Waals surface area contributed by atoms with E-state index in [1.165, 1.54) is 24.3 Å². The molecule has 1 rings (SSSR count). The summed E-state index contributed by atoms with van der Waals surface area (Å²) in [4.78, 5) is 11.9. The summed E-state index contributed by atoms with van der Waals surface area (Å²) >= 11 is 0. The topological polar surface area (TPSA) is 87.3 Å². The predicted octanol–water partition coefficient (Wildman–Crippen LogP) is 1.13. The van der Waals surface area contributed by atoms with Gasteiger partial charge in [0.05, 0.1) is 4.90 Å². The molecule has 0 fully saturated rings. The highest BCUT2D eigenvalue weighted by Gasteiger charge is 2.22. The van der Waals surface area contributed by atoms with Gasteiger partial charge in [-0.2, -0.15) is 0 Å². The molecule has 22 heavy (non-hydrogen) atoms. The van der Waals surface area contributed by atoms with Gasteiger partial charge in [-0.15, -0.1) is 12.4 Å². The van der Waals surface area contributed by atoms with E-state index in [2.05, 4.69) is 15.4 Å². The number of halogens is 1. The molecular weight excluding hydrogens is 326 g/mol. The molecule has 0 radical (unpaired) electrons.